The molecule has 4 aromatic carbocycles. The predicted octanol–water partition coefficient (Wildman–Crippen LogP) is 12.3. The summed E-state index contributed by atoms with van der Waals surface area (Å²) in [4.78, 5) is 45.3. The minimum atomic E-state index is 0.185. The van der Waals surface area contributed by atoms with Crippen LogP contribution in [0.2, 0.25) is 0 Å². The lowest BCUT2D eigenvalue weighted by Gasteiger charge is -2.22. The van der Waals surface area contributed by atoms with Crippen LogP contribution < -0.4 is 9.47 Å². The summed E-state index contributed by atoms with van der Waals surface area (Å²) >= 11 is 0. The SMILES string of the molecule is CCOc1ccc(-c2cnc(CC(=O)Cc3ccc(C)cc3)c(CC3CCCCC3)n2)cc1.COc1ccc(-c2cnc(CC(=O)Cc3ccc(C)cc3)c(CC3CCCCC3)n2)cc1. The summed E-state index contributed by atoms with van der Waals surface area (Å²) in [6.45, 7) is 6.75. The van der Waals surface area contributed by atoms with E-state index in [9.17, 15) is 9.59 Å². The highest BCUT2D eigenvalue weighted by molar-refractivity contribution is 5.83. The minimum Gasteiger partial charge on any atom is -0.497 e. The molecular formula is C57H66N4O4. The predicted molar refractivity (Wildman–Crippen MR) is 260 cm³/mol. The Bertz CT molecular complexity index is 2440. The lowest BCUT2D eigenvalue weighted by molar-refractivity contribution is -0.118. The Balaban J connectivity index is 0.000000194. The molecule has 0 radical (unpaired) electrons. The van der Waals surface area contributed by atoms with Gasteiger partial charge in [0.2, 0.25) is 0 Å². The topological polar surface area (TPSA) is 104 Å². The van der Waals surface area contributed by atoms with Gasteiger partial charge in [-0.1, -0.05) is 124 Å². The number of carbonyl (C=O) groups excluding carboxylic acids is 2. The van der Waals surface area contributed by atoms with Gasteiger partial charge in [0.05, 0.1) is 73.1 Å². The molecule has 0 spiro atoms. The fourth-order valence-corrected chi connectivity index (χ4v) is 9.15. The van der Waals surface area contributed by atoms with E-state index in [2.05, 4.69) is 38.1 Å². The van der Waals surface area contributed by atoms with Crippen LogP contribution >= 0.6 is 0 Å². The number of ether oxygens (including phenoxy) is 2. The van der Waals surface area contributed by atoms with Gasteiger partial charge in [0.1, 0.15) is 23.1 Å². The van der Waals surface area contributed by atoms with Crippen LogP contribution in [-0.2, 0) is 48.1 Å². The van der Waals surface area contributed by atoms with Gasteiger partial charge in [0.15, 0.2) is 0 Å². The Kier molecular flexibility index (Phi) is 17.2. The third-order valence-corrected chi connectivity index (χ3v) is 12.9. The Morgan fingerprint density at radius 3 is 1.29 bits per heavy atom. The van der Waals surface area contributed by atoms with E-state index in [1.165, 1.54) is 75.3 Å². The maximum Gasteiger partial charge on any atom is 0.143 e. The normalized spacial score (nSPS) is 14.3. The van der Waals surface area contributed by atoms with Crippen molar-refractivity contribution < 1.29 is 19.1 Å². The molecule has 0 saturated heterocycles. The number of aryl methyl sites for hydroxylation is 2. The second kappa shape index (κ2) is 23.8. The summed E-state index contributed by atoms with van der Waals surface area (Å²) in [6.07, 6.45) is 19.8. The molecule has 2 fully saturated rings. The van der Waals surface area contributed by atoms with Crippen LogP contribution in [0.5, 0.6) is 11.5 Å². The van der Waals surface area contributed by atoms with E-state index in [4.69, 9.17) is 29.4 Å². The average molecular weight is 871 g/mol. The number of nitrogens with zero attached hydrogens (tertiary/aromatic N) is 4. The highest BCUT2D eigenvalue weighted by Gasteiger charge is 2.22. The number of rotatable bonds is 17. The van der Waals surface area contributed by atoms with Crippen LogP contribution in [0.15, 0.2) is 109 Å². The molecule has 2 aliphatic carbocycles. The summed E-state index contributed by atoms with van der Waals surface area (Å²) < 4.78 is 10.8. The minimum absolute atomic E-state index is 0.185. The molecule has 338 valence electrons. The summed E-state index contributed by atoms with van der Waals surface area (Å²) in [7, 11) is 1.67. The molecule has 2 aliphatic rings. The maximum absolute atomic E-state index is 12.9. The van der Waals surface area contributed by atoms with Crippen molar-refractivity contribution in [2.45, 2.75) is 124 Å². The van der Waals surface area contributed by atoms with Crippen molar-refractivity contribution in [3.8, 4) is 34.0 Å². The first kappa shape index (κ1) is 47.0. The molecule has 0 aliphatic heterocycles. The van der Waals surface area contributed by atoms with Crippen LogP contribution in [0, 0.1) is 25.7 Å². The highest BCUT2D eigenvalue weighted by Crippen LogP contribution is 2.31. The van der Waals surface area contributed by atoms with Crippen LogP contribution in [-0.4, -0.2) is 45.2 Å². The van der Waals surface area contributed by atoms with E-state index in [-0.39, 0.29) is 11.6 Å². The first-order valence-corrected chi connectivity index (χ1v) is 23.9. The molecule has 0 N–H and O–H groups in total. The van der Waals surface area contributed by atoms with E-state index in [0.717, 1.165) is 80.8 Å². The van der Waals surface area contributed by atoms with Gasteiger partial charge >= 0.3 is 0 Å². The lowest BCUT2D eigenvalue weighted by atomic mass is 9.85. The van der Waals surface area contributed by atoms with E-state index in [1.807, 2.05) is 85.9 Å². The van der Waals surface area contributed by atoms with Gasteiger partial charge in [-0.05, 0) is 105 Å². The maximum atomic E-state index is 12.9. The molecule has 0 amide bonds. The molecule has 8 nitrogen and oxygen atoms in total. The molecule has 65 heavy (non-hydrogen) atoms. The monoisotopic (exact) mass is 871 g/mol. The fraction of sp³-hybridized carbons (Fsp3) is 0.404. The Morgan fingerprint density at radius 2 is 0.908 bits per heavy atom. The van der Waals surface area contributed by atoms with Crippen LogP contribution in [0.4, 0.5) is 0 Å². The molecule has 2 aromatic heterocycles. The highest BCUT2D eigenvalue weighted by atomic mass is 16.5. The number of hydrogen-bond donors (Lipinski definition) is 0. The first-order chi connectivity index (χ1) is 31.7. The van der Waals surface area contributed by atoms with Gasteiger partial charge in [0.25, 0.3) is 0 Å². The molecule has 2 saturated carbocycles. The number of ketones is 2. The molecular weight excluding hydrogens is 805 g/mol. The van der Waals surface area contributed by atoms with E-state index in [1.54, 1.807) is 13.3 Å². The fourth-order valence-electron chi connectivity index (χ4n) is 9.15. The van der Waals surface area contributed by atoms with Crippen molar-refractivity contribution in [3.05, 3.63) is 154 Å². The van der Waals surface area contributed by atoms with Crippen molar-refractivity contribution in [2.24, 2.45) is 11.8 Å². The van der Waals surface area contributed by atoms with Crippen molar-refractivity contribution >= 4 is 11.6 Å². The molecule has 8 heteroatoms. The number of carbonyl (C=O) groups is 2. The molecule has 0 bridgehead atoms. The van der Waals surface area contributed by atoms with Crippen molar-refractivity contribution in [1.82, 2.24) is 19.9 Å². The second-order valence-electron chi connectivity index (χ2n) is 18.2. The molecule has 0 unspecified atom stereocenters. The van der Waals surface area contributed by atoms with Crippen LogP contribution in [0.3, 0.4) is 0 Å². The average Bonchev–Trinajstić information content (AvgIpc) is 3.33. The van der Waals surface area contributed by atoms with Gasteiger partial charge in [-0.15, -0.1) is 0 Å². The first-order valence-electron chi connectivity index (χ1n) is 23.9. The zero-order valence-corrected chi connectivity index (χ0v) is 39.0. The summed E-state index contributed by atoms with van der Waals surface area (Å²) in [6, 6.07) is 32.3. The zero-order chi connectivity index (χ0) is 45.4. The lowest BCUT2D eigenvalue weighted by Crippen LogP contribution is -2.16. The van der Waals surface area contributed by atoms with Crippen LogP contribution in [0.25, 0.3) is 22.5 Å². The zero-order valence-electron chi connectivity index (χ0n) is 39.0. The number of methoxy groups -OCH3 is 1. The summed E-state index contributed by atoms with van der Waals surface area (Å²) in [5.74, 6) is 3.32. The summed E-state index contributed by atoms with van der Waals surface area (Å²) in [5, 5.41) is 0. The van der Waals surface area contributed by atoms with Gasteiger partial charge in [-0.3, -0.25) is 19.6 Å². The number of benzene rings is 4. The Labute approximate surface area is 386 Å². The number of aromatic nitrogens is 4. The quantitative estimate of drug-likeness (QED) is 0.0892. The van der Waals surface area contributed by atoms with Crippen LogP contribution in [0.1, 0.15) is 116 Å². The van der Waals surface area contributed by atoms with Gasteiger partial charge < -0.3 is 9.47 Å². The second-order valence-corrected chi connectivity index (χ2v) is 18.2. The molecule has 6 aromatic rings. The molecule has 8 rings (SSSR count). The standard InChI is InChI=1S/C29H34N2O2.C28H32N2O2/c1-3-33-26-15-13-24(14-16-26)29-20-30-27(28(31-29)18-22-7-5-4-6-8-22)19-25(32)17-23-11-9-21(2)10-12-23;1-20-8-10-22(11-9-20)16-24(31)18-26-27(17-21-6-4-3-5-7-21)30-28(19-29-26)23-12-14-25(32-2)15-13-23/h9-16,20,22H,3-8,17-19H2,1-2H3;8-15,19,21H,3-7,16-18H2,1-2H3. The van der Waals surface area contributed by atoms with Gasteiger partial charge in [0, 0.05) is 24.0 Å². The van der Waals surface area contributed by atoms with Gasteiger partial charge in [-0.2, -0.15) is 0 Å². The third-order valence-electron chi connectivity index (χ3n) is 12.9. The van der Waals surface area contributed by atoms with Crippen molar-refractivity contribution in [1.29, 1.82) is 0 Å². The van der Waals surface area contributed by atoms with Crippen molar-refractivity contribution in [3.63, 3.8) is 0 Å². The Morgan fingerprint density at radius 1 is 0.508 bits per heavy atom. The largest absolute Gasteiger partial charge is 0.497 e. The van der Waals surface area contributed by atoms with E-state index >= 15 is 0 Å². The Hall–Kier alpha value is -6.02. The smallest absolute Gasteiger partial charge is 0.143 e. The number of Topliss-reactive ketones (excluding diaryl/α,β-unsaturated/α-hetero) is 2. The van der Waals surface area contributed by atoms with Crippen molar-refractivity contribution in [2.75, 3.05) is 13.7 Å². The van der Waals surface area contributed by atoms with E-state index in [0.29, 0.717) is 44.1 Å². The van der Waals surface area contributed by atoms with E-state index < -0.39 is 0 Å². The number of hydrogen-bond acceptors (Lipinski definition) is 8. The molecule has 0 atom stereocenters. The van der Waals surface area contributed by atoms with Gasteiger partial charge in [-0.25, -0.2) is 9.97 Å². The summed E-state index contributed by atoms with van der Waals surface area (Å²) in [5.41, 5.74) is 11.9. The third kappa shape index (κ3) is 14.2. The molecule has 2 heterocycles.